The molecule has 1 aliphatic carbocycles. The van der Waals surface area contributed by atoms with Gasteiger partial charge in [-0.15, -0.1) is 0 Å². The van der Waals surface area contributed by atoms with Gasteiger partial charge in [-0.2, -0.15) is 0 Å². The maximum atomic E-state index is 5.69. The third-order valence-corrected chi connectivity index (χ3v) is 6.27. The van der Waals surface area contributed by atoms with Crippen LogP contribution in [0.25, 0.3) is 11.3 Å². The first-order valence-electron chi connectivity index (χ1n) is 11.5. The van der Waals surface area contributed by atoms with Crippen molar-refractivity contribution in [3.63, 3.8) is 0 Å². The van der Waals surface area contributed by atoms with Crippen molar-refractivity contribution in [1.29, 1.82) is 0 Å². The minimum Gasteiger partial charge on any atom is -0.376 e. The zero-order chi connectivity index (χ0) is 22.8. The van der Waals surface area contributed by atoms with Gasteiger partial charge in [-0.3, -0.25) is 4.98 Å². The lowest BCUT2D eigenvalue weighted by molar-refractivity contribution is 0.0532. The predicted octanol–water partition coefficient (Wildman–Crippen LogP) is 4.41. The summed E-state index contributed by atoms with van der Waals surface area (Å²) in [7, 11) is 0. The van der Waals surface area contributed by atoms with Crippen LogP contribution in [0.15, 0.2) is 67.6 Å². The van der Waals surface area contributed by atoms with Crippen molar-refractivity contribution >= 4 is 17.0 Å². The monoisotopic (exact) mass is 439 g/mol. The molecular weight excluding hydrogens is 410 g/mol. The SMILES string of the molecule is C=C(N[C@@H](C)c1ccccc1)c1ncc(C2=CCc3ncc(N4CCO[C@@H](C)C4)cc32)cn1. The second-order valence-electron chi connectivity index (χ2n) is 8.69. The maximum Gasteiger partial charge on any atom is 0.174 e. The Morgan fingerprint density at radius 3 is 2.70 bits per heavy atom. The molecule has 5 rings (SSSR count). The van der Waals surface area contributed by atoms with Gasteiger partial charge in [0, 0.05) is 49.1 Å². The van der Waals surface area contributed by atoms with Crippen LogP contribution in [0, 0.1) is 0 Å². The molecule has 1 fully saturated rings. The van der Waals surface area contributed by atoms with Crippen LogP contribution in [0.2, 0.25) is 0 Å². The Bertz CT molecular complexity index is 1170. The van der Waals surface area contributed by atoms with E-state index < -0.39 is 0 Å². The summed E-state index contributed by atoms with van der Waals surface area (Å²) >= 11 is 0. The number of benzene rings is 1. The molecule has 1 N–H and O–H groups in total. The molecule has 0 amide bonds. The highest BCUT2D eigenvalue weighted by atomic mass is 16.5. The molecule has 1 aromatic carbocycles. The Morgan fingerprint density at radius 2 is 1.94 bits per heavy atom. The zero-order valence-corrected chi connectivity index (χ0v) is 19.2. The van der Waals surface area contributed by atoms with Gasteiger partial charge in [0.05, 0.1) is 36.0 Å². The molecule has 0 saturated carbocycles. The Kier molecular flexibility index (Phi) is 5.92. The number of nitrogens with one attached hydrogen (secondary N) is 1. The number of anilines is 1. The quantitative estimate of drug-likeness (QED) is 0.614. The van der Waals surface area contributed by atoms with E-state index in [0.29, 0.717) is 11.5 Å². The van der Waals surface area contributed by atoms with Crippen molar-refractivity contribution in [3.8, 4) is 0 Å². The fourth-order valence-corrected chi connectivity index (χ4v) is 4.46. The fourth-order valence-electron chi connectivity index (χ4n) is 4.46. The van der Waals surface area contributed by atoms with Crippen molar-refractivity contribution in [2.45, 2.75) is 32.4 Å². The van der Waals surface area contributed by atoms with E-state index in [2.05, 4.69) is 64.9 Å². The third-order valence-electron chi connectivity index (χ3n) is 6.27. The summed E-state index contributed by atoms with van der Waals surface area (Å²) in [6, 6.07) is 12.7. The van der Waals surface area contributed by atoms with Crippen LogP contribution in [0.3, 0.4) is 0 Å². The second-order valence-corrected chi connectivity index (χ2v) is 8.69. The van der Waals surface area contributed by atoms with E-state index in [9.17, 15) is 0 Å². The highest BCUT2D eigenvalue weighted by Gasteiger charge is 2.22. The van der Waals surface area contributed by atoms with Gasteiger partial charge in [-0.25, -0.2) is 9.97 Å². The fraction of sp³-hybridized carbons (Fsp3) is 0.296. The molecular formula is C27H29N5O. The average molecular weight is 440 g/mol. The van der Waals surface area contributed by atoms with Gasteiger partial charge in [0.1, 0.15) is 0 Å². The number of hydrogen-bond donors (Lipinski definition) is 1. The van der Waals surface area contributed by atoms with Gasteiger partial charge in [-0.1, -0.05) is 43.0 Å². The van der Waals surface area contributed by atoms with E-state index in [4.69, 9.17) is 9.72 Å². The van der Waals surface area contributed by atoms with Crippen LogP contribution in [0.5, 0.6) is 0 Å². The summed E-state index contributed by atoms with van der Waals surface area (Å²) in [4.78, 5) is 16.3. The van der Waals surface area contributed by atoms with E-state index in [1.165, 1.54) is 5.56 Å². The number of nitrogens with zero attached hydrogens (tertiary/aromatic N) is 4. The molecule has 2 atom stereocenters. The van der Waals surface area contributed by atoms with Crippen LogP contribution in [0.4, 0.5) is 5.69 Å². The van der Waals surface area contributed by atoms with Crippen molar-refractivity contribution in [1.82, 2.24) is 20.3 Å². The average Bonchev–Trinajstić information content (AvgIpc) is 3.28. The second kappa shape index (κ2) is 9.16. The largest absolute Gasteiger partial charge is 0.376 e. The Balaban J connectivity index is 1.31. The Labute approximate surface area is 195 Å². The normalized spacial score (nSPS) is 18.4. The summed E-state index contributed by atoms with van der Waals surface area (Å²) in [6.07, 6.45) is 9.02. The molecule has 0 bridgehead atoms. The number of pyridine rings is 1. The molecule has 0 radical (unpaired) electrons. The molecule has 33 heavy (non-hydrogen) atoms. The smallest absolute Gasteiger partial charge is 0.174 e. The number of hydrogen-bond acceptors (Lipinski definition) is 6. The van der Waals surface area contributed by atoms with E-state index in [1.807, 2.05) is 36.8 Å². The van der Waals surface area contributed by atoms with E-state index in [0.717, 1.165) is 54.2 Å². The lowest BCUT2D eigenvalue weighted by Crippen LogP contribution is -2.41. The highest BCUT2D eigenvalue weighted by molar-refractivity contribution is 5.84. The van der Waals surface area contributed by atoms with Gasteiger partial charge in [0.2, 0.25) is 0 Å². The van der Waals surface area contributed by atoms with E-state index in [1.54, 1.807) is 0 Å². The summed E-state index contributed by atoms with van der Waals surface area (Å²) in [6.45, 7) is 10.9. The van der Waals surface area contributed by atoms with Crippen LogP contribution in [-0.4, -0.2) is 40.8 Å². The molecule has 0 spiro atoms. The summed E-state index contributed by atoms with van der Waals surface area (Å²) in [5.41, 5.74) is 7.45. The lowest BCUT2D eigenvalue weighted by Gasteiger charge is -2.33. The number of allylic oxidation sites excluding steroid dienone is 1. The first kappa shape index (κ1) is 21.3. The molecule has 2 aromatic heterocycles. The van der Waals surface area contributed by atoms with Crippen LogP contribution >= 0.6 is 0 Å². The Morgan fingerprint density at radius 1 is 1.15 bits per heavy atom. The van der Waals surface area contributed by atoms with Crippen molar-refractivity contribution in [2.24, 2.45) is 0 Å². The van der Waals surface area contributed by atoms with Gasteiger partial charge < -0.3 is 15.0 Å². The van der Waals surface area contributed by atoms with Gasteiger partial charge >= 0.3 is 0 Å². The van der Waals surface area contributed by atoms with Crippen molar-refractivity contribution < 1.29 is 4.74 Å². The minimum atomic E-state index is 0.124. The molecule has 3 aromatic rings. The first-order chi connectivity index (χ1) is 16.1. The van der Waals surface area contributed by atoms with Crippen molar-refractivity contribution in [3.05, 3.63) is 95.9 Å². The number of fused-ring (bicyclic) bond motifs is 1. The number of ether oxygens (including phenoxy) is 1. The molecule has 6 heteroatoms. The van der Waals surface area contributed by atoms with E-state index in [-0.39, 0.29) is 12.1 Å². The molecule has 6 nitrogen and oxygen atoms in total. The molecule has 1 saturated heterocycles. The molecule has 1 aliphatic heterocycles. The molecule has 168 valence electrons. The first-order valence-corrected chi connectivity index (χ1v) is 11.5. The lowest BCUT2D eigenvalue weighted by atomic mass is 10.0. The topological polar surface area (TPSA) is 63.2 Å². The zero-order valence-electron chi connectivity index (χ0n) is 19.2. The van der Waals surface area contributed by atoms with Crippen LogP contribution in [0.1, 0.15) is 48.1 Å². The number of rotatable bonds is 6. The van der Waals surface area contributed by atoms with Gasteiger partial charge in [-0.05, 0) is 31.1 Å². The summed E-state index contributed by atoms with van der Waals surface area (Å²) in [5.74, 6) is 0.606. The maximum absolute atomic E-state index is 5.69. The Hall–Kier alpha value is -3.51. The number of morpholine rings is 1. The van der Waals surface area contributed by atoms with Gasteiger partial charge in [0.15, 0.2) is 5.82 Å². The van der Waals surface area contributed by atoms with E-state index >= 15 is 0 Å². The minimum absolute atomic E-state index is 0.124. The predicted molar refractivity (Wildman–Crippen MR) is 132 cm³/mol. The highest BCUT2D eigenvalue weighted by Crippen LogP contribution is 2.34. The molecule has 2 aliphatic rings. The van der Waals surface area contributed by atoms with Crippen molar-refractivity contribution in [2.75, 3.05) is 24.6 Å². The molecule has 0 unspecified atom stereocenters. The number of aromatic nitrogens is 3. The van der Waals surface area contributed by atoms with Crippen LogP contribution in [-0.2, 0) is 11.2 Å². The summed E-state index contributed by atoms with van der Waals surface area (Å²) in [5, 5.41) is 3.40. The third kappa shape index (κ3) is 4.52. The molecule has 3 heterocycles. The van der Waals surface area contributed by atoms with Crippen LogP contribution < -0.4 is 10.2 Å². The summed E-state index contributed by atoms with van der Waals surface area (Å²) < 4.78 is 5.69. The van der Waals surface area contributed by atoms with Gasteiger partial charge in [0.25, 0.3) is 0 Å². The standard InChI is InChI=1S/C27H29N5O/c1-18-17-32(11-12-33-18)23-13-25-24(9-10-26(25)28-16-23)22-14-29-27(30-15-22)20(3)31-19(2)21-7-5-4-6-8-21/h4-9,13-16,18-19,31H,3,10-12,17H2,1-2H3/t18-,19-/m0/s1.